The van der Waals surface area contributed by atoms with E-state index in [1.54, 1.807) is 0 Å². The van der Waals surface area contributed by atoms with Crippen LogP contribution in [0.25, 0.3) is 66.4 Å². The van der Waals surface area contributed by atoms with Gasteiger partial charge in [0.25, 0.3) is 0 Å². The first-order valence-electron chi connectivity index (χ1n) is 14.3. The Morgan fingerprint density at radius 2 is 1.20 bits per heavy atom. The molecule has 0 N–H and O–H groups in total. The summed E-state index contributed by atoms with van der Waals surface area (Å²) in [5.74, 6) is 1.42. The number of nitrogens with zero attached hydrogens (tertiary/aromatic N) is 3. The predicted molar refractivity (Wildman–Crippen MR) is 172 cm³/mol. The molecule has 196 valence electrons. The van der Waals surface area contributed by atoms with Crippen LogP contribution in [0.1, 0.15) is 25.3 Å². The van der Waals surface area contributed by atoms with Gasteiger partial charge < -0.3 is 4.57 Å². The monoisotopic (exact) mass is 527 g/mol. The molecule has 0 radical (unpaired) electrons. The second-order valence-electron chi connectivity index (χ2n) is 11.1. The lowest BCUT2D eigenvalue weighted by Gasteiger charge is -2.11. The average Bonchev–Trinajstić information content (AvgIpc) is 3.54. The first-order chi connectivity index (χ1) is 20.2. The molecule has 0 fully saturated rings. The van der Waals surface area contributed by atoms with Crippen molar-refractivity contribution >= 4 is 43.6 Å². The van der Waals surface area contributed by atoms with Crippen LogP contribution in [0.5, 0.6) is 0 Å². The van der Waals surface area contributed by atoms with Gasteiger partial charge >= 0.3 is 0 Å². The van der Waals surface area contributed by atoms with Crippen LogP contribution in [0.2, 0.25) is 0 Å². The number of benzene rings is 5. The molecule has 0 saturated heterocycles. The highest BCUT2D eigenvalue weighted by molar-refractivity contribution is 6.26. The Morgan fingerprint density at radius 1 is 0.512 bits per heavy atom. The van der Waals surface area contributed by atoms with Gasteiger partial charge in [-0.25, -0.2) is 4.98 Å². The minimum Gasteiger partial charge on any atom is -0.309 e. The molecular weight excluding hydrogens is 498 g/mol. The number of para-hydroxylation sites is 3. The maximum Gasteiger partial charge on any atom is 0.138 e. The number of fused-ring (bicyclic) bond motifs is 7. The van der Waals surface area contributed by atoms with E-state index in [0.717, 1.165) is 28.3 Å². The van der Waals surface area contributed by atoms with Crippen molar-refractivity contribution in [2.45, 2.75) is 19.8 Å². The fraction of sp³-hybridized carbons (Fsp3) is 0.0789. The first-order valence-corrected chi connectivity index (χ1v) is 14.3. The van der Waals surface area contributed by atoms with E-state index in [4.69, 9.17) is 4.98 Å². The number of aromatic nitrogens is 3. The molecule has 5 aromatic carbocycles. The molecule has 0 unspecified atom stereocenters. The summed E-state index contributed by atoms with van der Waals surface area (Å²) in [4.78, 5) is 5.27. The van der Waals surface area contributed by atoms with Gasteiger partial charge in [0, 0.05) is 32.8 Å². The van der Waals surface area contributed by atoms with E-state index in [1.165, 1.54) is 43.7 Å². The molecular formula is C38H29N3. The molecule has 3 nitrogen and oxygen atoms in total. The Bertz CT molecular complexity index is 2210. The van der Waals surface area contributed by atoms with E-state index >= 15 is 0 Å². The first kappa shape index (κ1) is 23.7. The molecule has 0 amide bonds. The van der Waals surface area contributed by atoms with Gasteiger partial charge in [-0.1, -0.05) is 105 Å². The predicted octanol–water partition coefficient (Wildman–Crippen LogP) is 10.1. The molecule has 8 aromatic rings. The Morgan fingerprint density at radius 3 is 1.95 bits per heavy atom. The van der Waals surface area contributed by atoms with Gasteiger partial charge in [-0.15, -0.1) is 0 Å². The van der Waals surface area contributed by atoms with Crippen LogP contribution in [-0.2, 0) is 0 Å². The lowest BCUT2D eigenvalue weighted by molar-refractivity contribution is 0.867. The summed E-state index contributed by atoms with van der Waals surface area (Å²) in [5, 5.41) is 4.94. The molecule has 0 spiro atoms. The minimum absolute atomic E-state index is 0.501. The quantitative estimate of drug-likeness (QED) is 0.223. The van der Waals surface area contributed by atoms with Crippen molar-refractivity contribution in [3.8, 4) is 22.8 Å². The van der Waals surface area contributed by atoms with Crippen molar-refractivity contribution in [2.24, 2.45) is 0 Å². The lowest BCUT2D eigenvalue weighted by Crippen LogP contribution is -1.99. The Hall–Kier alpha value is -5.15. The molecule has 0 aliphatic rings. The summed E-state index contributed by atoms with van der Waals surface area (Å²) in [5.41, 5.74) is 9.33. The van der Waals surface area contributed by atoms with Crippen LogP contribution in [0.4, 0.5) is 0 Å². The highest BCUT2D eigenvalue weighted by Gasteiger charge is 2.21. The zero-order chi connectivity index (χ0) is 27.5. The van der Waals surface area contributed by atoms with Crippen LogP contribution >= 0.6 is 0 Å². The molecule has 0 aliphatic carbocycles. The fourth-order valence-electron chi connectivity index (χ4n) is 6.35. The lowest BCUT2D eigenvalue weighted by atomic mass is 10.0. The molecule has 0 bridgehead atoms. The third kappa shape index (κ3) is 3.63. The van der Waals surface area contributed by atoms with Crippen LogP contribution in [-0.4, -0.2) is 14.1 Å². The van der Waals surface area contributed by atoms with Crippen LogP contribution < -0.4 is 0 Å². The molecule has 3 heteroatoms. The number of rotatable bonds is 4. The van der Waals surface area contributed by atoms with Crippen molar-refractivity contribution in [1.29, 1.82) is 0 Å². The van der Waals surface area contributed by atoms with E-state index in [9.17, 15) is 0 Å². The maximum atomic E-state index is 5.27. The highest BCUT2D eigenvalue weighted by atomic mass is 15.1. The third-order valence-electron chi connectivity index (χ3n) is 8.32. The summed E-state index contributed by atoms with van der Waals surface area (Å²) >= 11 is 0. The molecule has 0 aliphatic heterocycles. The summed E-state index contributed by atoms with van der Waals surface area (Å²) in [6.45, 7) is 4.46. The standard InChI is InChI=1S/C38H29N3/c1-25(2)26-19-21-27(22-20-26)32-15-10-18-36(39-32)41-33-16-8-6-13-29(33)30-23-24-35-37(38(30)41)31-14-7-9-17-34(31)40(35)28-11-4-3-5-12-28/h3-25H,1-2H3. The van der Waals surface area contributed by atoms with E-state index in [1.807, 2.05) is 0 Å². The molecule has 0 saturated carbocycles. The van der Waals surface area contributed by atoms with Gasteiger partial charge in [0.15, 0.2) is 0 Å². The van der Waals surface area contributed by atoms with Gasteiger partial charge in [-0.2, -0.15) is 0 Å². The summed E-state index contributed by atoms with van der Waals surface area (Å²) in [6.07, 6.45) is 0. The smallest absolute Gasteiger partial charge is 0.138 e. The minimum atomic E-state index is 0.501. The summed E-state index contributed by atoms with van der Waals surface area (Å²) in [7, 11) is 0. The van der Waals surface area contributed by atoms with Crippen LogP contribution in [0.15, 0.2) is 133 Å². The van der Waals surface area contributed by atoms with Gasteiger partial charge in [-0.05, 0) is 53.9 Å². The SMILES string of the molecule is CC(C)c1ccc(-c2cccc(-n3c4ccccc4c4ccc5c(c6ccccc6n5-c5ccccc5)c43)n2)cc1. The number of hydrogen-bond donors (Lipinski definition) is 0. The average molecular weight is 528 g/mol. The van der Waals surface area contributed by atoms with Gasteiger partial charge in [0.2, 0.25) is 0 Å². The molecule has 3 heterocycles. The maximum absolute atomic E-state index is 5.27. The fourth-order valence-corrected chi connectivity index (χ4v) is 6.35. The number of pyridine rings is 1. The van der Waals surface area contributed by atoms with Crippen molar-refractivity contribution in [3.63, 3.8) is 0 Å². The number of hydrogen-bond acceptors (Lipinski definition) is 1. The van der Waals surface area contributed by atoms with Crippen molar-refractivity contribution in [2.75, 3.05) is 0 Å². The Balaban J connectivity index is 1.47. The molecule has 41 heavy (non-hydrogen) atoms. The Labute approximate surface area is 238 Å². The van der Waals surface area contributed by atoms with E-state index < -0.39 is 0 Å². The van der Waals surface area contributed by atoms with Gasteiger partial charge in [0.05, 0.1) is 27.8 Å². The van der Waals surface area contributed by atoms with Gasteiger partial charge in [0.1, 0.15) is 5.82 Å². The topological polar surface area (TPSA) is 22.8 Å². The van der Waals surface area contributed by atoms with Crippen LogP contribution in [0.3, 0.4) is 0 Å². The zero-order valence-corrected chi connectivity index (χ0v) is 23.1. The Kier molecular flexibility index (Phi) is 5.33. The van der Waals surface area contributed by atoms with E-state index in [2.05, 4.69) is 156 Å². The zero-order valence-electron chi connectivity index (χ0n) is 23.1. The highest BCUT2D eigenvalue weighted by Crippen LogP contribution is 2.41. The second kappa shape index (κ2) is 9.21. The van der Waals surface area contributed by atoms with Crippen molar-refractivity contribution in [1.82, 2.24) is 14.1 Å². The normalized spacial score (nSPS) is 11.9. The van der Waals surface area contributed by atoms with E-state index in [0.29, 0.717) is 5.92 Å². The molecule has 0 atom stereocenters. The molecule has 8 rings (SSSR count). The molecule has 3 aromatic heterocycles. The van der Waals surface area contributed by atoms with Crippen LogP contribution in [0, 0.1) is 0 Å². The third-order valence-corrected chi connectivity index (χ3v) is 8.32. The van der Waals surface area contributed by atoms with Crippen molar-refractivity contribution < 1.29 is 0 Å². The summed E-state index contributed by atoms with van der Waals surface area (Å²) < 4.78 is 4.74. The second-order valence-corrected chi connectivity index (χ2v) is 11.1. The van der Waals surface area contributed by atoms with Crippen molar-refractivity contribution in [3.05, 3.63) is 139 Å². The van der Waals surface area contributed by atoms with Gasteiger partial charge in [-0.3, -0.25) is 4.57 Å². The summed E-state index contributed by atoms with van der Waals surface area (Å²) in [6, 6.07) is 47.8. The van der Waals surface area contributed by atoms with E-state index in [-0.39, 0.29) is 0 Å². The largest absolute Gasteiger partial charge is 0.309 e.